The largest absolute Gasteiger partial charge is 0.340 e. The molecule has 110 valence electrons. The number of unbranched alkanes of at least 4 members (excludes halogenated alkanes) is 3. The molecule has 0 aliphatic carbocycles. The van der Waals surface area contributed by atoms with Gasteiger partial charge in [-0.25, -0.2) is 0 Å². The fourth-order valence-corrected chi connectivity index (χ4v) is 3.28. The number of benzene rings is 2. The molecule has 0 radical (unpaired) electrons. The molecule has 0 aliphatic heterocycles. The van der Waals surface area contributed by atoms with Gasteiger partial charge in [0, 0.05) is 34.2 Å². The number of aryl methyl sites for hydroxylation is 1. The summed E-state index contributed by atoms with van der Waals surface area (Å²) < 4.78 is 2.47. The van der Waals surface area contributed by atoms with Crippen LogP contribution in [0.2, 0.25) is 0 Å². The van der Waals surface area contributed by atoms with E-state index in [1.54, 1.807) is 0 Å². The van der Waals surface area contributed by atoms with Gasteiger partial charge in [0.05, 0.1) is 0 Å². The van der Waals surface area contributed by atoms with E-state index in [4.69, 9.17) is 11.6 Å². The van der Waals surface area contributed by atoms with E-state index in [9.17, 15) is 0 Å². The fourth-order valence-electron chi connectivity index (χ4n) is 3.12. The van der Waals surface area contributed by atoms with E-state index in [2.05, 4.69) is 54.0 Å². The number of halogens is 1. The van der Waals surface area contributed by atoms with E-state index in [-0.39, 0.29) is 0 Å². The Morgan fingerprint density at radius 2 is 1.71 bits per heavy atom. The summed E-state index contributed by atoms with van der Waals surface area (Å²) in [6.45, 7) is 3.35. The standard InChI is InChI=1S/C19H22ClN/c1-2-3-4-7-12-21-18-9-6-5-8-16(18)17-11-10-15(14-20)13-19(17)21/h5-6,8-11,13H,2-4,7,12,14H2,1H3. The molecule has 0 atom stereocenters. The minimum atomic E-state index is 0.577. The number of hydrogen-bond donors (Lipinski definition) is 0. The fraction of sp³-hybridized carbons (Fsp3) is 0.368. The molecule has 0 amide bonds. The van der Waals surface area contributed by atoms with Crippen molar-refractivity contribution in [2.45, 2.75) is 45.0 Å². The minimum absolute atomic E-state index is 0.577. The first-order valence-corrected chi connectivity index (χ1v) is 8.44. The zero-order valence-corrected chi connectivity index (χ0v) is 13.4. The molecule has 0 N–H and O–H groups in total. The average Bonchev–Trinajstić information content (AvgIpc) is 2.85. The van der Waals surface area contributed by atoms with Crippen molar-refractivity contribution in [2.75, 3.05) is 0 Å². The van der Waals surface area contributed by atoms with Crippen molar-refractivity contribution in [1.29, 1.82) is 0 Å². The second kappa shape index (κ2) is 6.53. The van der Waals surface area contributed by atoms with E-state index in [1.807, 2.05) is 0 Å². The molecule has 0 fully saturated rings. The summed E-state index contributed by atoms with van der Waals surface area (Å²) in [6, 6.07) is 15.3. The van der Waals surface area contributed by atoms with Crippen LogP contribution in [0.4, 0.5) is 0 Å². The van der Waals surface area contributed by atoms with Crippen molar-refractivity contribution in [1.82, 2.24) is 4.57 Å². The Morgan fingerprint density at radius 3 is 2.52 bits per heavy atom. The predicted molar refractivity (Wildman–Crippen MR) is 93.1 cm³/mol. The first kappa shape index (κ1) is 14.5. The van der Waals surface area contributed by atoms with E-state index >= 15 is 0 Å². The van der Waals surface area contributed by atoms with E-state index in [0.29, 0.717) is 5.88 Å². The first-order valence-electron chi connectivity index (χ1n) is 7.91. The van der Waals surface area contributed by atoms with Crippen LogP contribution >= 0.6 is 11.6 Å². The summed E-state index contributed by atoms with van der Waals surface area (Å²) in [5, 5.41) is 2.69. The van der Waals surface area contributed by atoms with Crippen LogP contribution in [0, 0.1) is 0 Å². The van der Waals surface area contributed by atoms with E-state index in [0.717, 1.165) is 6.54 Å². The summed E-state index contributed by atoms with van der Waals surface area (Å²) in [7, 11) is 0. The number of hydrogen-bond acceptors (Lipinski definition) is 0. The molecule has 0 saturated heterocycles. The van der Waals surface area contributed by atoms with Gasteiger partial charge in [0.2, 0.25) is 0 Å². The third-order valence-electron chi connectivity index (χ3n) is 4.23. The lowest BCUT2D eigenvalue weighted by atomic mass is 10.1. The number of nitrogens with zero attached hydrogens (tertiary/aromatic N) is 1. The van der Waals surface area contributed by atoms with Gasteiger partial charge < -0.3 is 4.57 Å². The van der Waals surface area contributed by atoms with Crippen molar-refractivity contribution < 1.29 is 0 Å². The molecule has 0 aliphatic rings. The van der Waals surface area contributed by atoms with Crippen LogP contribution in [0.25, 0.3) is 21.8 Å². The van der Waals surface area contributed by atoms with Crippen LogP contribution in [0.15, 0.2) is 42.5 Å². The highest BCUT2D eigenvalue weighted by molar-refractivity contribution is 6.17. The summed E-state index contributed by atoms with van der Waals surface area (Å²) in [5.74, 6) is 0.577. The summed E-state index contributed by atoms with van der Waals surface area (Å²) >= 11 is 6.01. The van der Waals surface area contributed by atoms with Gasteiger partial charge >= 0.3 is 0 Å². The molecular weight excluding hydrogens is 278 g/mol. The van der Waals surface area contributed by atoms with Crippen LogP contribution in [0.3, 0.4) is 0 Å². The van der Waals surface area contributed by atoms with E-state index in [1.165, 1.54) is 53.1 Å². The predicted octanol–water partition coefficient (Wildman–Crippen LogP) is 6.11. The maximum absolute atomic E-state index is 6.01. The molecule has 1 heterocycles. The molecule has 21 heavy (non-hydrogen) atoms. The minimum Gasteiger partial charge on any atom is -0.340 e. The number of rotatable bonds is 6. The molecule has 3 aromatic rings. The lowest BCUT2D eigenvalue weighted by Crippen LogP contribution is -1.98. The quantitative estimate of drug-likeness (QED) is 0.382. The van der Waals surface area contributed by atoms with Gasteiger partial charge in [0.15, 0.2) is 0 Å². The van der Waals surface area contributed by atoms with Crippen molar-refractivity contribution in [3.63, 3.8) is 0 Å². The van der Waals surface area contributed by atoms with Crippen molar-refractivity contribution in [3.8, 4) is 0 Å². The monoisotopic (exact) mass is 299 g/mol. The Hall–Kier alpha value is -1.47. The molecule has 1 aromatic heterocycles. The van der Waals surface area contributed by atoms with Gasteiger partial charge in [-0.05, 0) is 24.1 Å². The molecule has 0 saturated carbocycles. The van der Waals surface area contributed by atoms with Crippen molar-refractivity contribution in [3.05, 3.63) is 48.0 Å². The van der Waals surface area contributed by atoms with Gasteiger partial charge in [-0.1, -0.05) is 56.5 Å². The molecular formula is C19H22ClN. The SMILES string of the molecule is CCCCCCn1c2ccccc2c2ccc(CCl)cc21. The Labute approximate surface area is 131 Å². The van der Waals surface area contributed by atoms with Gasteiger partial charge in [-0.3, -0.25) is 0 Å². The lowest BCUT2D eigenvalue weighted by molar-refractivity contribution is 0.602. The molecule has 2 heteroatoms. The Balaban J connectivity index is 2.08. The second-order valence-electron chi connectivity index (χ2n) is 5.71. The molecule has 1 nitrogen and oxygen atoms in total. The number of fused-ring (bicyclic) bond motifs is 3. The summed E-state index contributed by atoms with van der Waals surface area (Å²) in [4.78, 5) is 0. The smallest absolute Gasteiger partial charge is 0.0494 e. The van der Waals surface area contributed by atoms with E-state index < -0.39 is 0 Å². The third-order valence-corrected chi connectivity index (χ3v) is 4.54. The normalized spacial score (nSPS) is 11.5. The molecule has 0 bridgehead atoms. The van der Waals surface area contributed by atoms with Crippen LogP contribution in [0.5, 0.6) is 0 Å². The lowest BCUT2D eigenvalue weighted by Gasteiger charge is -2.08. The highest BCUT2D eigenvalue weighted by atomic mass is 35.5. The highest BCUT2D eigenvalue weighted by Gasteiger charge is 2.10. The highest BCUT2D eigenvalue weighted by Crippen LogP contribution is 2.30. The second-order valence-corrected chi connectivity index (χ2v) is 5.98. The Kier molecular flexibility index (Phi) is 4.50. The van der Waals surface area contributed by atoms with Crippen LogP contribution in [-0.4, -0.2) is 4.57 Å². The summed E-state index contributed by atoms with van der Waals surface area (Å²) in [5.41, 5.74) is 3.86. The number of alkyl halides is 1. The Bertz CT molecular complexity index is 742. The van der Waals surface area contributed by atoms with Crippen LogP contribution in [-0.2, 0) is 12.4 Å². The number of para-hydroxylation sites is 1. The van der Waals surface area contributed by atoms with Crippen molar-refractivity contribution in [2.24, 2.45) is 0 Å². The zero-order chi connectivity index (χ0) is 14.7. The summed E-state index contributed by atoms with van der Waals surface area (Å²) in [6.07, 6.45) is 5.15. The average molecular weight is 300 g/mol. The topological polar surface area (TPSA) is 4.93 Å². The molecule has 3 rings (SSSR count). The van der Waals surface area contributed by atoms with Gasteiger partial charge in [-0.2, -0.15) is 0 Å². The maximum atomic E-state index is 6.01. The maximum Gasteiger partial charge on any atom is 0.0494 e. The van der Waals surface area contributed by atoms with Crippen LogP contribution in [0.1, 0.15) is 38.2 Å². The Morgan fingerprint density at radius 1 is 0.905 bits per heavy atom. The van der Waals surface area contributed by atoms with Gasteiger partial charge in [0.25, 0.3) is 0 Å². The zero-order valence-electron chi connectivity index (χ0n) is 12.6. The van der Waals surface area contributed by atoms with Crippen LogP contribution < -0.4 is 0 Å². The molecule has 0 unspecified atom stereocenters. The molecule has 2 aromatic carbocycles. The third kappa shape index (κ3) is 2.80. The van der Waals surface area contributed by atoms with Gasteiger partial charge in [0.1, 0.15) is 0 Å². The van der Waals surface area contributed by atoms with Crippen molar-refractivity contribution >= 4 is 33.4 Å². The number of aromatic nitrogens is 1. The van der Waals surface area contributed by atoms with Gasteiger partial charge in [-0.15, -0.1) is 11.6 Å². The first-order chi connectivity index (χ1) is 10.3. The molecule has 0 spiro atoms.